The minimum Gasteiger partial charge on any atom is -0.302 e. The predicted molar refractivity (Wildman–Crippen MR) is 57.5 cm³/mol. The number of hydrogen-bond donors (Lipinski definition) is 1. The van der Waals surface area contributed by atoms with E-state index < -0.39 is 0 Å². The Balaban J connectivity index is 2.08. The molecule has 1 rings (SSSR count). The summed E-state index contributed by atoms with van der Waals surface area (Å²) in [6.07, 6.45) is 7.09. The van der Waals surface area contributed by atoms with Gasteiger partial charge in [-0.1, -0.05) is 12.5 Å². The van der Waals surface area contributed by atoms with E-state index in [1.165, 1.54) is 38.0 Å². The highest BCUT2D eigenvalue weighted by Crippen LogP contribution is 2.31. The van der Waals surface area contributed by atoms with Crippen molar-refractivity contribution in [2.24, 2.45) is 0 Å². The van der Waals surface area contributed by atoms with Crippen molar-refractivity contribution in [3.05, 3.63) is 12.7 Å². The van der Waals surface area contributed by atoms with E-state index >= 15 is 0 Å². The Kier molecular flexibility index (Phi) is 4.16. The number of thioether (sulfide) groups is 1. The van der Waals surface area contributed by atoms with Crippen LogP contribution in [0.15, 0.2) is 12.7 Å². The van der Waals surface area contributed by atoms with Gasteiger partial charge in [0.2, 0.25) is 0 Å². The molecule has 0 aliphatic carbocycles. The molecule has 0 aromatic heterocycles. The third-order valence-corrected chi connectivity index (χ3v) is 3.73. The summed E-state index contributed by atoms with van der Waals surface area (Å²) in [5.41, 5.74) is 0. The number of unbranched alkanes of at least 4 members (excludes halogenated alkanes) is 2. The quantitative estimate of drug-likeness (QED) is 0.522. The average molecular weight is 185 g/mol. The molecule has 0 spiro atoms. The van der Waals surface area contributed by atoms with Crippen LogP contribution in [0, 0.1) is 0 Å². The van der Waals surface area contributed by atoms with Gasteiger partial charge in [-0.05, 0) is 26.2 Å². The monoisotopic (exact) mass is 185 g/mol. The van der Waals surface area contributed by atoms with Crippen LogP contribution in [0.3, 0.4) is 0 Å². The number of allylic oxidation sites excluding steroid dienone is 1. The van der Waals surface area contributed by atoms with Crippen LogP contribution in [0.1, 0.15) is 32.6 Å². The maximum absolute atomic E-state index is 3.73. The molecule has 0 bridgehead atoms. The molecule has 1 aliphatic heterocycles. The lowest BCUT2D eigenvalue weighted by molar-refractivity contribution is 0.481. The van der Waals surface area contributed by atoms with Crippen LogP contribution in [0.2, 0.25) is 0 Å². The van der Waals surface area contributed by atoms with E-state index in [1.54, 1.807) is 0 Å². The van der Waals surface area contributed by atoms with Gasteiger partial charge in [-0.25, -0.2) is 0 Å². The van der Waals surface area contributed by atoms with E-state index in [0.717, 1.165) is 0 Å². The van der Waals surface area contributed by atoms with Crippen LogP contribution in [-0.2, 0) is 0 Å². The highest BCUT2D eigenvalue weighted by atomic mass is 32.2. The van der Waals surface area contributed by atoms with Crippen molar-refractivity contribution in [1.82, 2.24) is 5.32 Å². The van der Waals surface area contributed by atoms with Crippen molar-refractivity contribution in [1.29, 1.82) is 0 Å². The topological polar surface area (TPSA) is 12.0 Å². The lowest BCUT2D eigenvalue weighted by Crippen LogP contribution is -2.33. The maximum Gasteiger partial charge on any atom is 0.0617 e. The highest BCUT2D eigenvalue weighted by Gasteiger charge is 2.27. The molecule has 1 saturated heterocycles. The van der Waals surface area contributed by atoms with E-state index in [2.05, 4.69) is 30.6 Å². The molecule has 0 saturated carbocycles. The molecule has 0 amide bonds. The Morgan fingerprint density at radius 2 is 2.42 bits per heavy atom. The molecule has 70 valence electrons. The van der Waals surface area contributed by atoms with Gasteiger partial charge in [-0.15, -0.1) is 18.3 Å². The maximum atomic E-state index is 3.73. The molecule has 1 aliphatic rings. The van der Waals surface area contributed by atoms with Gasteiger partial charge < -0.3 is 5.32 Å². The Hall–Kier alpha value is 0.0500. The third kappa shape index (κ3) is 3.20. The van der Waals surface area contributed by atoms with E-state index in [4.69, 9.17) is 0 Å². The SMILES string of the molecule is C=CCCCCC1(C)NCCS1. The molecular formula is C10H19NS. The van der Waals surface area contributed by atoms with Crippen LogP contribution in [-0.4, -0.2) is 17.2 Å². The Bertz CT molecular complexity index is 139. The lowest BCUT2D eigenvalue weighted by Gasteiger charge is -2.22. The van der Waals surface area contributed by atoms with Gasteiger partial charge in [0.1, 0.15) is 0 Å². The van der Waals surface area contributed by atoms with Crippen molar-refractivity contribution in [2.75, 3.05) is 12.3 Å². The largest absolute Gasteiger partial charge is 0.302 e. The summed E-state index contributed by atoms with van der Waals surface area (Å²) in [5, 5.41) is 3.55. The Labute approximate surface area is 80.0 Å². The van der Waals surface area contributed by atoms with Gasteiger partial charge in [0.25, 0.3) is 0 Å². The molecule has 12 heavy (non-hydrogen) atoms. The minimum absolute atomic E-state index is 0.376. The first-order valence-electron chi connectivity index (χ1n) is 4.77. The molecule has 0 radical (unpaired) electrons. The molecule has 1 atom stereocenters. The van der Waals surface area contributed by atoms with E-state index in [9.17, 15) is 0 Å². The fourth-order valence-corrected chi connectivity index (χ4v) is 2.70. The molecule has 1 N–H and O–H groups in total. The Morgan fingerprint density at radius 1 is 1.58 bits per heavy atom. The zero-order chi connectivity index (χ0) is 8.86. The lowest BCUT2D eigenvalue weighted by atomic mass is 10.1. The molecule has 1 nitrogen and oxygen atoms in total. The van der Waals surface area contributed by atoms with Gasteiger partial charge in [0.05, 0.1) is 4.87 Å². The van der Waals surface area contributed by atoms with Crippen molar-refractivity contribution in [3.8, 4) is 0 Å². The van der Waals surface area contributed by atoms with E-state index in [0.29, 0.717) is 4.87 Å². The fraction of sp³-hybridized carbons (Fsp3) is 0.800. The van der Waals surface area contributed by atoms with Crippen LogP contribution in [0.4, 0.5) is 0 Å². The van der Waals surface area contributed by atoms with Crippen molar-refractivity contribution >= 4 is 11.8 Å². The molecule has 1 fully saturated rings. The highest BCUT2D eigenvalue weighted by molar-refractivity contribution is 8.00. The van der Waals surface area contributed by atoms with Gasteiger partial charge in [-0.3, -0.25) is 0 Å². The second kappa shape index (κ2) is 4.93. The molecule has 1 unspecified atom stereocenters. The standard InChI is InChI=1S/C10H19NS/c1-3-4-5-6-7-10(2)11-8-9-12-10/h3,11H,1,4-9H2,2H3. The van der Waals surface area contributed by atoms with Crippen LogP contribution < -0.4 is 5.32 Å². The second-order valence-electron chi connectivity index (χ2n) is 3.54. The number of rotatable bonds is 5. The number of hydrogen-bond acceptors (Lipinski definition) is 2. The first kappa shape index (κ1) is 10.1. The average Bonchev–Trinajstić information content (AvgIpc) is 2.47. The minimum atomic E-state index is 0.376. The first-order chi connectivity index (χ1) is 5.77. The van der Waals surface area contributed by atoms with Crippen LogP contribution >= 0.6 is 11.8 Å². The Morgan fingerprint density at radius 3 is 3.00 bits per heavy atom. The normalized spacial score (nSPS) is 29.1. The summed E-state index contributed by atoms with van der Waals surface area (Å²) in [6.45, 7) is 7.23. The molecule has 1 heterocycles. The van der Waals surface area contributed by atoms with Crippen molar-refractivity contribution < 1.29 is 0 Å². The summed E-state index contributed by atoms with van der Waals surface area (Å²) in [4.78, 5) is 0.376. The summed E-state index contributed by atoms with van der Waals surface area (Å²) >= 11 is 2.07. The molecule has 0 aromatic rings. The third-order valence-electron chi connectivity index (χ3n) is 2.33. The van der Waals surface area contributed by atoms with Crippen molar-refractivity contribution in [3.63, 3.8) is 0 Å². The summed E-state index contributed by atoms with van der Waals surface area (Å²) in [5.74, 6) is 1.28. The smallest absolute Gasteiger partial charge is 0.0617 e. The van der Waals surface area contributed by atoms with Gasteiger partial charge in [-0.2, -0.15) is 0 Å². The first-order valence-corrected chi connectivity index (χ1v) is 5.75. The zero-order valence-electron chi connectivity index (χ0n) is 7.94. The zero-order valence-corrected chi connectivity index (χ0v) is 8.75. The van der Waals surface area contributed by atoms with E-state index in [1.807, 2.05) is 6.08 Å². The second-order valence-corrected chi connectivity index (χ2v) is 5.14. The van der Waals surface area contributed by atoms with Gasteiger partial charge >= 0.3 is 0 Å². The molecular weight excluding hydrogens is 166 g/mol. The fourth-order valence-electron chi connectivity index (χ4n) is 1.55. The molecule has 2 heteroatoms. The summed E-state index contributed by atoms with van der Waals surface area (Å²) in [7, 11) is 0. The van der Waals surface area contributed by atoms with Crippen LogP contribution in [0.25, 0.3) is 0 Å². The van der Waals surface area contributed by atoms with Gasteiger partial charge in [0.15, 0.2) is 0 Å². The van der Waals surface area contributed by atoms with Crippen LogP contribution in [0.5, 0.6) is 0 Å². The predicted octanol–water partition coefficient (Wildman–Crippen LogP) is 2.79. The van der Waals surface area contributed by atoms with Gasteiger partial charge in [0, 0.05) is 12.3 Å². The summed E-state index contributed by atoms with van der Waals surface area (Å²) < 4.78 is 0. The van der Waals surface area contributed by atoms with E-state index in [-0.39, 0.29) is 0 Å². The number of nitrogens with one attached hydrogen (secondary N) is 1. The molecule has 0 aromatic carbocycles. The van der Waals surface area contributed by atoms with Crippen molar-refractivity contribution in [2.45, 2.75) is 37.5 Å². The summed E-state index contributed by atoms with van der Waals surface area (Å²) in [6, 6.07) is 0.